The number of hydrogen-bond donors (Lipinski definition) is 4. The maximum Gasteiger partial charge on any atom is 0.320 e. The van der Waals surface area contributed by atoms with Gasteiger partial charge in [-0.1, -0.05) is 27.7 Å². The zero-order chi connectivity index (χ0) is 29.0. The van der Waals surface area contributed by atoms with Gasteiger partial charge in [-0.2, -0.15) is 0 Å². The third kappa shape index (κ3) is 18.3. The van der Waals surface area contributed by atoms with Crippen LogP contribution in [-0.4, -0.2) is 148 Å². The summed E-state index contributed by atoms with van der Waals surface area (Å²) in [5.41, 5.74) is 0. The van der Waals surface area contributed by atoms with Crippen molar-refractivity contribution in [1.29, 1.82) is 0 Å². The van der Waals surface area contributed by atoms with Gasteiger partial charge in [0.05, 0.1) is 19.6 Å². The number of carbonyl (C=O) groups is 5. The molecule has 0 aromatic heterocycles. The number of rotatable bonds is 11. The second kappa shape index (κ2) is 21.5. The molecule has 0 aromatic carbocycles. The number of carboxylic acid groups (broad SMARTS) is 4. The van der Waals surface area contributed by atoms with Crippen molar-refractivity contribution in [2.45, 2.75) is 53.5 Å². The van der Waals surface area contributed by atoms with Crippen LogP contribution in [0.25, 0.3) is 0 Å². The molecule has 13 nitrogen and oxygen atoms in total. The molecule has 1 rings (SSSR count). The summed E-state index contributed by atoms with van der Waals surface area (Å²) in [7, 11) is 0. The third-order valence-electron chi connectivity index (χ3n) is 5.44. The van der Waals surface area contributed by atoms with Crippen LogP contribution in [0.2, 0.25) is 0 Å². The Kier molecular flexibility index (Phi) is 21.2. The van der Waals surface area contributed by atoms with Crippen LogP contribution >= 0.6 is 0 Å². The van der Waals surface area contributed by atoms with Crippen molar-refractivity contribution in [3.63, 3.8) is 0 Å². The lowest BCUT2D eigenvalue weighted by molar-refractivity contribution is -0.145. The van der Waals surface area contributed by atoms with E-state index in [0.29, 0.717) is 0 Å². The number of ketones is 1. The van der Waals surface area contributed by atoms with Crippen LogP contribution in [0.5, 0.6) is 0 Å². The number of Topliss-reactive ketones (excluding diaryl/α,β-unsaturated/α-hetero) is 1. The van der Waals surface area contributed by atoms with E-state index in [0.717, 1.165) is 0 Å². The molecule has 1 aliphatic rings. The van der Waals surface area contributed by atoms with Gasteiger partial charge in [-0.25, -0.2) is 0 Å². The van der Waals surface area contributed by atoms with E-state index < -0.39 is 29.9 Å². The molecule has 0 aliphatic carbocycles. The molecule has 0 saturated carbocycles. The summed E-state index contributed by atoms with van der Waals surface area (Å²) in [6.45, 7) is 10.4. The average molecular weight is 535 g/mol. The highest BCUT2D eigenvalue weighted by atomic mass is 16.4. The lowest BCUT2D eigenvalue weighted by Gasteiger charge is -2.35. The molecule has 1 heterocycles. The summed E-state index contributed by atoms with van der Waals surface area (Å²) >= 11 is 0. The molecule has 0 amide bonds. The van der Waals surface area contributed by atoms with Crippen molar-refractivity contribution >= 4 is 29.7 Å². The maximum absolute atomic E-state index is 11.9. The molecule has 1 saturated heterocycles. The predicted molar refractivity (Wildman–Crippen MR) is 138 cm³/mol. The van der Waals surface area contributed by atoms with E-state index >= 15 is 0 Å². The fourth-order valence-electron chi connectivity index (χ4n) is 3.71. The maximum atomic E-state index is 11.9. The summed E-state index contributed by atoms with van der Waals surface area (Å²) in [6, 6.07) is -0.973. The van der Waals surface area contributed by atoms with E-state index in [1.54, 1.807) is 19.6 Å². The molecule has 37 heavy (non-hydrogen) atoms. The number of aliphatic carboxylic acids is 4. The molecule has 0 aromatic rings. The van der Waals surface area contributed by atoms with Gasteiger partial charge in [-0.15, -0.1) is 0 Å². The molecule has 216 valence electrons. The molecule has 1 atom stereocenters. The predicted octanol–water partition coefficient (Wildman–Crippen LogP) is 0.337. The zero-order valence-corrected chi connectivity index (χ0v) is 22.9. The monoisotopic (exact) mass is 534 g/mol. The zero-order valence-electron chi connectivity index (χ0n) is 22.9. The standard InChI is InChI=1S/C20H34N4O9.2C2H6/c1-15(25)2-3-16(20(32)33)24-10-8-22(13-18(28)29)6-4-21(12-17(26)27)5-7-23(9-11-24)14-19(30)31;2*1-2/h16H,2-14H2,1H3,(H,26,27)(H,28,29)(H,30,31)(H,32,33);2*1-2H3. The summed E-state index contributed by atoms with van der Waals surface area (Å²) in [5.74, 6) is -4.41. The van der Waals surface area contributed by atoms with E-state index in [1.165, 1.54) is 6.92 Å². The van der Waals surface area contributed by atoms with Crippen LogP contribution in [0.4, 0.5) is 0 Å². The van der Waals surface area contributed by atoms with E-state index in [9.17, 15) is 44.4 Å². The van der Waals surface area contributed by atoms with E-state index in [4.69, 9.17) is 0 Å². The SMILES string of the molecule is CC.CC.CC(=O)CCC(C(=O)O)N1CCN(CC(=O)O)CCN(CC(=O)O)CCN(CC(=O)O)CC1. The van der Waals surface area contributed by atoms with Gasteiger partial charge >= 0.3 is 23.9 Å². The largest absolute Gasteiger partial charge is 0.480 e. The molecular formula is C24H46N4O9. The molecule has 0 spiro atoms. The van der Waals surface area contributed by atoms with Gasteiger partial charge in [0.1, 0.15) is 11.8 Å². The van der Waals surface area contributed by atoms with Crippen molar-refractivity contribution in [3.05, 3.63) is 0 Å². The Morgan fingerprint density at radius 1 is 0.595 bits per heavy atom. The van der Waals surface area contributed by atoms with Crippen molar-refractivity contribution in [2.75, 3.05) is 72.0 Å². The van der Waals surface area contributed by atoms with Crippen LogP contribution in [-0.2, 0) is 24.0 Å². The molecule has 1 unspecified atom stereocenters. The number of carbonyl (C=O) groups excluding carboxylic acids is 1. The number of nitrogens with zero attached hydrogens (tertiary/aromatic N) is 4. The van der Waals surface area contributed by atoms with Gasteiger partial charge in [-0.3, -0.25) is 38.8 Å². The second-order valence-electron chi connectivity index (χ2n) is 8.14. The minimum absolute atomic E-state index is 0.0787. The van der Waals surface area contributed by atoms with Gasteiger partial charge < -0.3 is 25.2 Å². The van der Waals surface area contributed by atoms with Crippen LogP contribution < -0.4 is 0 Å². The van der Waals surface area contributed by atoms with Gasteiger partial charge in [0.2, 0.25) is 0 Å². The fourth-order valence-corrected chi connectivity index (χ4v) is 3.71. The topological polar surface area (TPSA) is 179 Å². The summed E-state index contributed by atoms with van der Waals surface area (Å²) in [5, 5.41) is 37.4. The first-order valence-electron chi connectivity index (χ1n) is 12.8. The molecule has 4 N–H and O–H groups in total. The Balaban J connectivity index is 0. The van der Waals surface area contributed by atoms with Crippen LogP contribution in [0.15, 0.2) is 0 Å². The number of carboxylic acids is 4. The van der Waals surface area contributed by atoms with Gasteiger partial charge in [0, 0.05) is 58.8 Å². The summed E-state index contributed by atoms with van der Waals surface area (Å²) < 4.78 is 0. The van der Waals surface area contributed by atoms with Gasteiger partial charge in [0.25, 0.3) is 0 Å². The second-order valence-corrected chi connectivity index (χ2v) is 8.14. The summed E-state index contributed by atoms with van der Waals surface area (Å²) in [4.78, 5) is 63.6. The Hall–Kier alpha value is -2.61. The first-order valence-corrected chi connectivity index (χ1v) is 12.8. The van der Waals surface area contributed by atoms with Gasteiger partial charge in [-0.05, 0) is 13.3 Å². The third-order valence-corrected chi connectivity index (χ3v) is 5.44. The number of hydrogen-bond acceptors (Lipinski definition) is 9. The lowest BCUT2D eigenvalue weighted by Crippen LogP contribution is -2.51. The van der Waals surface area contributed by atoms with Crippen molar-refractivity contribution < 1.29 is 44.4 Å². The quantitative estimate of drug-likeness (QED) is 0.285. The lowest BCUT2D eigenvalue weighted by atomic mass is 10.1. The van der Waals surface area contributed by atoms with Gasteiger partial charge in [0.15, 0.2) is 0 Å². The molecular weight excluding hydrogens is 488 g/mol. The van der Waals surface area contributed by atoms with Crippen molar-refractivity contribution in [2.24, 2.45) is 0 Å². The molecule has 13 heteroatoms. The Labute approximate surface area is 219 Å². The average Bonchev–Trinajstić information content (AvgIpc) is 2.81. The van der Waals surface area contributed by atoms with E-state index in [2.05, 4.69) is 0 Å². The fraction of sp³-hybridized carbons (Fsp3) is 0.792. The normalized spacial score (nSPS) is 17.4. The smallest absolute Gasteiger partial charge is 0.320 e. The highest BCUT2D eigenvalue weighted by molar-refractivity contribution is 5.78. The Morgan fingerprint density at radius 2 is 0.892 bits per heavy atom. The molecule has 1 aliphatic heterocycles. The van der Waals surface area contributed by atoms with Crippen molar-refractivity contribution in [3.8, 4) is 0 Å². The highest BCUT2D eigenvalue weighted by Gasteiger charge is 2.28. The highest BCUT2D eigenvalue weighted by Crippen LogP contribution is 2.10. The summed E-state index contributed by atoms with van der Waals surface area (Å²) in [6.07, 6.45) is 0.171. The molecule has 1 fully saturated rings. The Bertz CT molecular complexity index is 674. The molecule has 0 radical (unpaired) electrons. The Morgan fingerprint density at radius 3 is 1.14 bits per heavy atom. The van der Waals surface area contributed by atoms with Crippen LogP contribution in [0.1, 0.15) is 47.5 Å². The van der Waals surface area contributed by atoms with Crippen LogP contribution in [0, 0.1) is 0 Å². The first kappa shape index (κ1) is 36.5. The minimum atomic E-state index is -1.11. The van der Waals surface area contributed by atoms with Crippen molar-refractivity contribution in [1.82, 2.24) is 19.6 Å². The van der Waals surface area contributed by atoms with E-state index in [-0.39, 0.29) is 90.6 Å². The minimum Gasteiger partial charge on any atom is -0.480 e. The first-order chi connectivity index (χ1) is 17.5. The van der Waals surface area contributed by atoms with E-state index in [1.807, 2.05) is 27.7 Å². The van der Waals surface area contributed by atoms with Crippen LogP contribution in [0.3, 0.4) is 0 Å². The molecule has 0 bridgehead atoms.